The third kappa shape index (κ3) is 3.75. The van der Waals surface area contributed by atoms with Crippen molar-refractivity contribution in [2.45, 2.75) is 32.4 Å². The molecule has 2 N–H and O–H groups in total. The molecule has 2 unspecified atom stereocenters. The van der Waals surface area contributed by atoms with Gasteiger partial charge in [-0.3, -0.25) is 19.7 Å². The first-order chi connectivity index (χ1) is 10.4. The average Bonchev–Trinajstić information content (AvgIpc) is 2.50. The van der Waals surface area contributed by atoms with E-state index in [0.717, 1.165) is 22.9 Å². The Bertz CT molecular complexity index is 602. The molecular weight excluding hydrogens is 302 g/mol. The van der Waals surface area contributed by atoms with Crippen molar-refractivity contribution in [1.29, 1.82) is 0 Å². The highest BCUT2D eigenvalue weighted by Crippen LogP contribution is 2.29. The summed E-state index contributed by atoms with van der Waals surface area (Å²) in [6, 6.07) is 6.01. The van der Waals surface area contributed by atoms with Crippen molar-refractivity contribution in [2.24, 2.45) is 5.92 Å². The van der Waals surface area contributed by atoms with Crippen LogP contribution in [0.5, 0.6) is 0 Å². The van der Waals surface area contributed by atoms with Crippen LogP contribution >= 0.6 is 11.8 Å². The number of carboxylic acid groups (broad SMARTS) is 1. The van der Waals surface area contributed by atoms with E-state index in [1.54, 1.807) is 6.92 Å². The molecule has 3 atom stereocenters. The van der Waals surface area contributed by atoms with E-state index >= 15 is 0 Å². The molecule has 0 bridgehead atoms. The molecule has 5 nitrogen and oxygen atoms in total. The number of benzene rings is 1. The monoisotopic (exact) mass is 321 g/mol. The molecule has 22 heavy (non-hydrogen) atoms. The fourth-order valence-corrected chi connectivity index (χ4v) is 3.22. The van der Waals surface area contributed by atoms with Gasteiger partial charge in [-0.2, -0.15) is 0 Å². The van der Waals surface area contributed by atoms with E-state index in [2.05, 4.69) is 5.32 Å². The number of hydrogen-bond acceptors (Lipinski definition) is 5. The van der Waals surface area contributed by atoms with Crippen LogP contribution in [0.1, 0.15) is 31.0 Å². The minimum atomic E-state index is -0.960. The Kier molecular flexibility index (Phi) is 5.37. The Morgan fingerprint density at radius 3 is 2.68 bits per heavy atom. The van der Waals surface area contributed by atoms with Crippen LogP contribution in [0.3, 0.4) is 0 Å². The maximum atomic E-state index is 12.7. The quantitative estimate of drug-likeness (QED) is 0.860. The molecular formula is C16H19NO4S. The van der Waals surface area contributed by atoms with E-state index in [1.165, 1.54) is 6.92 Å². The number of rotatable bonds is 5. The van der Waals surface area contributed by atoms with Crippen LogP contribution in [-0.4, -0.2) is 33.8 Å². The molecule has 0 aromatic heterocycles. The van der Waals surface area contributed by atoms with E-state index in [9.17, 15) is 19.5 Å². The first kappa shape index (κ1) is 16.7. The second kappa shape index (κ2) is 7.07. The van der Waals surface area contributed by atoms with Gasteiger partial charge >= 0.3 is 5.97 Å². The van der Waals surface area contributed by atoms with Gasteiger partial charge in [-0.05, 0) is 17.5 Å². The molecule has 0 saturated heterocycles. The molecule has 0 radical (unpaired) electrons. The van der Waals surface area contributed by atoms with Crippen molar-refractivity contribution >= 4 is 28.6 Å². The summed E-state index contributed by atoms with van der Waals surface area (Å²) in [7, 11) is 0. The molecule has 1 aliphatic rings. The number of thioether (sulfide) groups is 1. The van der Waals surface area contributed by atoms with Gasteiger partial charge in [0, 0.05) is 18.6 Å². The van der Waals surface area contributed by atoms with Gasteiger partial charge in [-0.1, -0.05) is 43.0 Å². The Labute approximate surface area is 133 Å². The van der Waals surface area contributed by atoms with E-state index in [1.807, 2.05) is 24.3 Å². The lowest BCUT2D eigenvalue weighted by Crippen LogP contribution is -2.48. The molecule has 1 aromatic rings. The van der Waals surface area contributed by atoms with Gasteiger partial charge in [0.05, 0.1) is 6.04 Å². The first-order valence-corrected chi connectivity index (χ1v) is 8.12. The topological polar surface area (TPSA) is 83.5 Å². The number of fused-ring (bicyclic) bond motifs is 1. The second-order valence-corrected chi connectivity index (χ2v) is 6.70. The molecule has 1 heterocycles. The van der Waals surface area contributed by atoms with E-state index in [-0.39, 0.29) is 16.8 Å². The zero-order valence-corrected chi connectivity index (χ0v) is 13.4. The van der Waals surface area contributed by atoms with Crippen molar-refractivity contribution < 1.29 is 19.5 Å². The summed E-state index contributed by atoms with van der Waals surface area (Å²) in [4.78, 5) is 35.0. The van der Waals surface area contributed by atoms with Gasteiger partial charge in [0.25, 0.3) is 0 Å². The standard InChI is InChI=1S/C16H19NO4S/c1-9(8-22-10(2)18)15(19)14-12-6-4-3-5-11(12)7-13(17-14)16(20)21/h3-6,9,13-14,17H,7-8H2,1-2H3,(H,20,21)/t9?,13?,14-/m0/s1. The van der Waals surface area contributed by atoms with E-state index in [0.29, 0.717) is 12.2 Å². The van der Waals surface area contributed by atoms with Crippen LogP contribution in [-0.2, 0) is 20.8 Å². The van der Waals surface area contributed by atoms with Crippen molar-refractivity contribution in [3.8, 4) is 0 Å². The van der Waals surface area contributed by atoms with E-state index < -0.39 is 18.1 Å². The van der Waals surface area contributed by atoms with Crippen molar-refractivity contribution in [3.05, 3.63) is 35.4 Å². The minimum absolute atomic E-state index is 0.0277. The van der Waals surface area contributed by atoms with Gasteiger partial charge < -0.3 is 5.11 Å². The Balaban J connectivity index is 2.22. The van der Waals surface area contributed by atoms with E-state index in [4.69, 9.17) is 0 Å². The van der Waals surface area contributed by atoms with Gasteiger partial charge in [0.2, 0.25) is 0 Å². The number of hydrogen-bond donors (Lipinski definition) is 2. The minimum Gasteiger partial charge on any atom is -0.480 e. The van der Waals surface area contributed by atoms with Crippen molar-refractivity contribution in [1.82, 2.24) is 5.32 Å². The molecule has 0 aliphatic carbocycles. The molecule has 0 spiro atoms. The highest BCUT2D eigenvalue weighted by Gasteiger charge is 2.35. The summed E-state index contributed by atoms with van der Waals surface area (Å²) in [6.07, 6.45) is 0.367. The Morgan fingerprint density at radius 2 is 2.05 bits per heavy atom. The van der Waals surface area contributed by atoms with Gasteiger partial charge in [-0.25, -0.2) is 0 Å². The van der Waals surface area contributed by atoms with Crippen molar-refractivity contribution in [2.75, 3.05) is 5.75 Å². The molecule has 2 rings (SSSR count). The number of ketones is 1. The van der Waals surface area contributed by atoms with Crippen LogP contribution in [0.2, 0.25) is 0 Å². The first-order valence-electron chi connectivity index (χ1n) is 7.14. The SMILES string of the molecule is CC(=O)SCC(C)C(=O)[C@H]1NC(C(=O)O)Cc2ccccc21. The summed E-state index contributed by atoms with van der Waals surface area (Å²) in [6.45, 7) is 3.24. The average molecular weight is 321 g/mol. The Morgan fingerprint density at radius 1 is 1.36 bits per heavy atom. The third-order valence-electron chi connectivity index (χ3n) is 3.76. The molecule has 1 aliphatic heterocycles. The normalized spacial score (nSPS) is 21.7. The summed E-state index contributed by atoms with van der Waals surface area (Å²) >= 11 is 1.12. The van der Waals surface area contributed by atoms with Crippen molar-refractivity contribution in [3.63, 3.8) is 0 Å². The summed E-state index contributed by atoms with van der Waals surface area (Å²) in [5, 5.41) is 12.2. The van der Waals surface area contributed by atoms with Crippen LogP contribution in [0.4, 0.5) is 0 Å². The van der Waals surface area contributed by atoms with Gasteiger partial charge in [0.15, 0.2) is 10.9 Å². The largest absolute Gasteiger partial charge is 0.480 e. The highest BCUT2D eigenvalue weighted by molar-refractivity contribution is 8.13. The molecule has 0 fully saturated rings. The maximum Gasteiger partial charge on any atom is 0.321 e. The Hall–Kier alpha value is -1.66. The number of carboxylic acids is 1. The van der Waals surface area contributed by atoms with Gasteiger partial charge in [-0.15, -0.1) is 0 Å². The number of nitrogens with one attached hydrogen (secondary N) is 1. The fraction of sp³-hybridized carbons (Fsp3) is 0.438. The smallest absolute Gasteiger partial charge is 0.321 e. The summed E-state index contributed by atoms with van der Waals surface area (Å²) in [5.74, 6) is -0.955. The van der Waals surface area contributed by atoms with Crippen LogP contribution in [0, 0.1) is 5.92 Å². The highest BCUT2D eigenvalue weighted by atomic mass is 32.2. The zero-order chi connectivity index (χ0) is 16.3. The van der Waals surface area contributed by atoms with Crippen LogP contribution < -0.4 is 5.32 Å². The zero-order valence-electron chi connectivity index (χ0n) is 12.5. The summed E-state index contributed by atoms with van der Waals surface area (Å²) < 4.78 is 0. The molecule has 6 heteroatoms. The lowest BCUT2D eigenvalue weighted by atomic mass is 9.85. The number of carbonyl (C=O) groups is 3. The maximum absolute atomic E-state index is 12.7. The number of aliphatic carboxylic acids is 1. The predicted octanol–water partition coefficient (Wildman–Crippen LogP) is 1.81. The second-order valence-electron chi connectivity index (χ2n) is 5.50. The lowest BCUT2D eigenvalue weighted by molar-refractivity contribution is -0.140. The third-order valence-corrected chi connectivity index (χ3v) is 4.84. The predicted molar refractivity (Wildman–Crippen MR) is 84.8 cm³/mol. The van der Waals surface area contributed by atoms with Gasteiger partial charge in [0.1, 0.15) is 6.04 Å². The fourth-order valence-electron chi connectivity index (χ4n) is 2.57. The molecule has 1 aromatic carbocycles. The van der Waals surface area contributed by atoms with Crippen LogP contribution in [0.15, 0.2) is 24.3 Å². The van der Waals surface area contributed by atoms with Crippen LogP contribution in [0.25, 0.3) is 0 Å². The summed E-state index contributed by atoms with van der Waals surface area (Å²) in [5.41, 5.74) is 1.73. The number of carbonyl (C=O) groups excluding carboxylic acids is 2. The number of Topliss-reactive ketones (excluding diaryl/α,β-unsaturated/α-hetero) is 1. The lowest BCUT2D eigenvalue weighted by Gasteiger charge is -2.31. The molecule has 0 saturated carbocycles. The molecule has 0 amide bonds. The molecule has 118 valence electrons.